The molecule has 4 nitrogen and oxygen atoms in total. The summed E-state index contributed by atoms with van der Waals surface area (Å²) in [5.41, 5.74) is 8.67. The number of H-pyrrole nitrogens is 2. The summed E-state index contributed by atoms with van der Waals surface area (Å²) in [7, 11) is 0. The Kier molecular flexibility index (Phi) is 1.68. The Morgan fingerprint density at radius 1 is 1.50 bits per heavy atom. The van der Waals surface area contributed by atoms with Gasteiger partial charge in [0.2, 0.25) is 0 Å². The summed E-state index contributed by atoms with van der Waals surface area (Å²) in [5.74, 6) is 0. The average Bonchev–Trinajstić information content (AvgIpc) is 2.74. The van der Waals surface area contributed by atoms with Crippen molar-refractivity contribution >= 4 is 0 Å². The zero-order valence-electron chi connectivity index (χ0n) is 6.54. The van der Waals surface area contributed by atoms with Crippen molar-refractivity contribution in [1.82, 2.24) is 15.2 Å². The van der Waals surface area contributed by atoms with Gasteiger partial charge in [-0.15, -0.1) is 0 Å². The van der Waals surface area contributed by atoms with Crippen molar-refractivity contribution in [3.05, 3.63) is 30.4 Å². The lowest BCUT2D eigenvalue weighted by atomic mass is 10.1. The van der Waals surface area contributed by atoms with Gasteiger partial charge in [0.1, 0.15) is 0 Å². The number of nitrogens with two attached hydrogens (primary N) is 1. The molecule has 12 heavy (non-hydrogen) atoms. The quantitative estimate of drug-likeness (QED) is 0.613. The van der Waals surface area contributed by atoms with Crippen molar-refractivity contribution in [2.24, 2.45) is 5.73 Å². The van der Waals surface area contributed by atoms with Gasteiger partial charge in [0, 0.05) is 30.1 Å². The number of nitrogens with zero attached hydrogens (tertiary/aromatic N) is 1. The molecule has 4 heteroatoms. The molecular formula is C8H10N4. The fraction of sp³-hybridized carbons (Fsp3) is 0.125. The molecule has 0 radical (unpaired) electrons. The van der Waals surface area contributed by atoms with Gasteiger partial charge in [-0.2, -0.15) is 5.10 Å². The molecule has 0 aromatic carbocycles. The normalized spacial score (nSPS) is 10.4. The standard InChI is InChI=1S/C8H10N4/c9-3-8-7(5-11-12-8)6-1-2-10-4-6/h1-2,4-5,10H,3,9H2,(H,11,12). The van der Waals surface area contributed by atoms with Gasteiger partial charge in [0.25, 0.3) is 0 Å². The van der Waals surface area contributed by atoms with E-state index in [4.69, 9.17) is 5.73 Å². The van der Waals surface area contributed by atoms with Gasteiger partial charge in [-0.25, -0.2) is 0 Å². The Bertz CT molecular complexity index is 347. The van der Waals surface area contributed by atoms with E-state index >= 15 is 0 Å². The van der Waals surface area contributed by atoms with E-state index in [1.54, 1.807) is 6.20 Å². The third-order valence-electron chi connectivity index (χ3n) is 1.83. The molecule has 0 saturated carbocycles. The molecule has 0 unspecified atom stereocenters. The molecule has 0 aliphatic rings. The van der Waals surface area contributed by atoms with Gasteiger partial charge >= 0.3 is 0 Å². The van der Waals surface area contributed by atoms with Crippen LogP contribution >= 0.6 is 0 Å². The molecule has 4 N–H and O–H groups in total. The van der Waals surface area contributed by atoms with Crippen LogP contribution in [0.15, 0.2) is 24.7 Å². The van der Waals surface area contributed by atoms with Crippen LogP contribution in [-0.2, 0) is 6.54 Å². The molecule has 0 saturated heterocycles. The number of rotatable bonds is 2. The molecule has 2 heterocycles. The lowest BCUT2D eigenvalue weighted by Gasteiger charge is -1.94. The smallest absolute Gasteiger partial charge is 0.0569 e. The predicted octanol–water partition coefficient (Wildman–Crippen LogP) is 0.864. The van der Waals surface area contributed by atoms with Crippen LogP contribution in [0.1, 0.15) is 5.69 Å². The average molecular weight is 162 g/mol. The maximum atomic E-state index is 5.52. The van der Waals surface area contributed by atoms with Crippen LogP contribution in [0, 0.1) is 0 Å². The lowest BCUT2D eigenvalue weighted by Crippen LogP contribution is -1.97. The highest BCUT2D eigenvalue weighted by atomic mass is 15.1. The van der Waals surface area contributed by atoms with Crippen LogP contribution in [0.25, 0.3) is 11.1 Å². The fourth-order valence-corrected chi connectivity index (χ4v) is 1.21. The summed E-state index contributed by atoms with van der Waals surface area (Å²) in [6, 6.07) is 1.99. The summed E-state index contributed by atoms with van der Waals surface area (Å²) in [5, 5.41) is 6.78. The molecule has 0 bridgehead atoms. The van der Waals surface area contributed by atoms with Crippen LogP contribution < -0.4 is 5.73 Å². The summed E-state index contributed by atoms with van der Waals surface area (Å²) in [4.78, 5) is 2.99. The molecule has 62 valence electrons. The first-order chi connectivity index (χ1) is 5.92. The zero-order valence-corrected chi connectivity index (χ0v) is 6.54. The number of hydrogen-bond acceptors (Lipinski definition) is 2. The fourth-order valence-electron chi connectivity index (χ4n) is 1.21. The third-order valence-corrected chi connectivity index (χ3v) is 1.83. The van der Waals surface area contributed by atoms with Crippen molar-refractivity contribution < 1.29 is 0 Å². The topological polar surface area (TPSA) is 70.5 Å². The Morgan fingerprint density at radius 2 is 2.42 bits per heavy atom. The SMILES string of the molecule is NCc1[nH]ncc1-c1cc[nH]c1. The molecular weight excluding hydrogens is 152 g/mol. The number of hydrogen-bond donors (Lipinski definition) is 3. The van der Waals surface area contributed by atoms with Gasteiger partial charge in [-0.05, 0) is 6.07 Å². The highest BCUT2D eigenvalue weighted by Crippen LogP contribution is 2.20. The van der Waals surface area contributed by atoms with E-state index in [2.05, 4.69) is 15.2 Å². The largest absolute Gasteiger partial charge is 0.367 e. The molecule has 0 aliphatic carbocycles. The van der Waals surface area contributed by atoms with Crippen LogP contribution in [0.4, 0.5) is 0 Å². The Morgan fingerprint density at radius 3 is 3.08 bits per heavy atom. The van der Waals surface area contributed by atoms with Gasteiger partial charge in [-0.1, -0.05) is 0 Å². The van der Waals surface area contributed by atoms with E-state index in [-0.39, 0.29) is 0 Å². The minimum absolute atomic E-state index is 0.487. The van der Waals surface area contributed by atoms with Gasteiger partial charge in [0.15, 0.2) is 0 Å². The monoisotopic (exact) mass is 162 g/mol. The second-order valence-corrected chi connectivity index (χ2v) is 2.57. The lowest BCUT2D eigenvalue weighted by molar-refractivity contribution is 0.948. The number of nitrogens with one attached hydrogen (secondary N) is 2. The summed E-state index contributed by atoms with van der Waals surface area (Å²) in [6.07, 6.45) is 5.58. The molecule has 0 amide bonds. The molecule has 0 fully saturated rings. The first kappa shape index (κ1) is 7.12. The van der Waals surface area contributed by atoms with E-state index in [0.717, 1.165) is 16.8 Å². The van der Waals surface area contributed by atoms with Crippen molar-refractivity contribution in [2.75, 3.05) is 0 Å². The first-order valence-electron chi connectivity index (χ1n) is 3.77. The van der Waals surface area contributed by atoms with E-state index in [0.29, 0.717) is 6.54 Å². The van der Waals surface area contributed by atoms with E-state index in [1.165, 1.54) is 0 Å². The van der Waals surface area contributed by atoms with Crippen molar-refractivity contribution in [3.63, 3.8) is 0 Å². The van der Waals surface area contributed by atoms with Gasteiger partial charge < -0.3 is 10.7 Å². The maximum Gasteiger partial charge on any atom is 0.0569 e. The van der Waals surface area contributed by atoms with Crippen molar-refractivity contribution in [3.8, 4) is 11.1 Å². The van der Waals surface area contributed by atoms with Gasteiger partial charge in [-0.3, -0.25) is 5.10 Å². The highest BCUT2D eigenvalue weighted by molar-refractivity contribution is 5.64. The minimum atomic E-state index is 0.487. The number of aromatic amines is 2. The molecule has 2 rings (SSSR count). The van der Waals surface area contributed by atoms with Crippen LogP contribution in [-0.4, -0.2) is 15.2 Å². The second kappa shape index (κ2) is 2.83. The van der Waals surface area contributed by atoms with E-state index < -0.39 is 0 Å². The highest BCUT2D eigenvalue weighted by Gasteiger charge is 2.04. The summed E-state index contributed by atoms with van der Waals surface area (Å²) in [6.45, 7) is 0.487. The van der Waals surface area contributed by atoms with Crippen LogP contribution in [0.5, 0.6) is 0 Å². The van der Waals surface area contributed by atoms with Gasteiger partial charge in [0.05, 0.1) is 11.9 Å². The minimum Gasteiger partial charge on any atom is -0.367 e. The Balaban J connectivity index is 2.46. The second-order valence-electron chi connectivity index (χ2n) is 2.57. The van der Waals surface area contributed by atoms with Crippen LogP contribution in [0.2, 0.25) is 0 Å². The molecule has 0 aliphatic heterocycles. The predicted molar refractivity (Wildman–Crippen MR) is 46.3 cm³/mol. The third kappa shape index (κ3) is 1.02. The molecule has 2 aromatic rings. The molecule has 2 aromatic heterocycles. The Labute approximate surface area is 69.8 Å². The maximum absolute atomic E-state index is 5.52. The first-order valence-corrected chi connectivity index (χ1v) is 3.77. The Hall–Kier alpha value is -1.55. The van der Waals surface area contributed by atoms with Crippen molar-refractivity contribution in [1.29, 1.82) is 0 Å². The summed E-state index contributed by atoms with van der Waals surface area (Å²) >= 11 is 0. The molecule has 0 atom stereocenters. The zero-order chi connectivity index (χ0) is 8.39. The van der Waals surface area contributed by atoms with E-state index in [9.17, 15) is 0 Å². The summed E-state index contributed by atoms with van der Waals surface area (Å²) < 4.78 is 0. The number of aromatic nitrogens is 3. The molecule has 0 spiro atoms. The van der Waals surface area contributed by atoms with E-state index in [1.807, 2.05) is 18.5 Å². The van der Waals surface area contributed by atoms with Crippen LogP contribution in [0.3, 0.4) is 0 Å². The van der Waals surface area contributed by atoms with Crippen molar-refractivity contribution in [2.45, 2.75) is 6.54 Å².